The third kappa shape index (κ3) is 3.85. The van der Waals surface area contributed by atoms with Gasteiger partial charge in [0, 0.05) is 5.56 Å². The van der Waals surface area contributed by atoms with Crippen molar-refractivity contribution in [3.8, 4) is 11.4 Å². The van der Waals surface area contributed by atoms with Gasteiger partial charge in [0.05, 0.1) is 10.7 Å². The van der Waals surface area contributed by atoms with Crippen LogP contribution in [0.15, 0.2) is 54.6 Å². The van der Waals surface area contributed by atoms with Gasteiger partial charge in [0.2, 0.25) is 5.82 Å². The Balaban J connectivity index is 1.85. The highest BCUT2D eigenvalue weighted by atomic mass is 35.5. The number of nitrogens with zero attached hydrogens (tertiary/aromatic N) is 4. The number of para-hydroxylation sites is 1. The molecule has 1 amide bonds. The molecule has 0 bridgehead atoms. The van der Waals surface area contributed by atoms with Crippen molar-refractivity contribution in [2.24, 2.45) is 5.92 Å². The molecule has 0 saturated heterocycles. The maximum atomic E-state index is 12.8. The fourth-order valence-corrected chi connectivity index (χ4v) is 2.67. The molecule has 7 heteroatoms. The Morgan fingerprint density at radius 3 is 2.44 bits per heavy atom. The lowest BCUT2D eigenvalue weighted by Gasteiger charge is -2.19. The molecule has 3 rings (SSSR count). The topological polar surface area (TPSA) is 72.7 Å². The molecule has 3 aromatic rings. The van der Waals surface area contributed by atoms with Gasteiger partial charge in [0.25, 0.3) is 5.91 Å². The number of rotatable bonds is 5. The van der Waals surface area contributed by atoms with E-state index in [4.69, 9.17) is 11.6 Å². The van der Waals surface area contributed by atoms with Crippen molar-refractivity contribution in [2.75, 3.05) is 5.32 Å². The van der Waals surface area contributed by atoms with E-state index in [9.17, 15) is 4.79 Å². The minimum absolute atomic E-state index is 0.0275. The van der Waals surface area contributed by atoms with Crippen LogP contribution in [0.3, 0.4) is 0 Å². The van der Waals surface area contributed by atoms with E-state index in [1.807, 2.05) is 56.3 Å². The largest absolute Gasteiger partial charge is 0.323 e. The van der Waals surface area contributed by atoms with E-state index in [1.165, 1.54) is 4.80 Å². The van der Waals surface area contributed by atoms with Crippen molar-refractivity contribution in [1.82, 2.24) is 20.2 Å². The van der Waals surface area contributed by atoms with Gasteiger partial charge >= 0.3 is 0 Å². The van der Waals surface area contributed by atoms with Crippen molar-refractivity contribution in [3.05, 3.63) is 59.6 Å². The summed E-state index contributed by atoms with van der Waals surface area (Å²) in [6.45, 7) is 3.87. The van der Waals surface area contributed by atoms with Crippen LogP contribution < -0.4 is 5.32 Å². The van der Waals surface area contributed by atoms with Crippen molar-refractivity contribution in [3.63, 3.8) is 0 Å². The Kier molecular flexibility index (Phi) is 5.09. The number of tetrazole rings is 1. The van der Waals surface area contributed by atoms with Crippen LogP contribution in [0.2, 0.25) is 5.02 Å². The quantitative estimate of drug-likeness (QED) is 0.754. The molecule has 1 unspecified atom stereocenters. The molecule has 1 atom stereocenters. The zero-order valence-electron chi connectivity index (χ0n) is 13.9. The highest BCUT2D eigenvalue weighted by molar-refractivity contribution is 6.33. The van der Waals surface area contributed by atoms with Crippen LogP contribution in [0.5, 0.6) is 0 Å². The van der Waals surface area contributed by atoms with Crippen molar-refractivity contribution >= 4 is 23.2 Å². The van der Waals surface area contributed by atoms with E-state index in [0.717, 1.165) is 5.56 Å². The summed E-state index contributed by atoms with van der Waals surface area (Å²) in [6.07, 6.45) is 0. The molecule has 6 nitrogen and oxygen atoms in total. The monoisotopic (exact) mass is 355 g/mol. The van der Waals surface area contributed by atoms with Crippen LogP contribution in [0.4, 0.5) is 5.69 Å². The predicted octanol–water partition coefficient (Wildman–Crippen LogP) is 3.83. The normalized spacial score (nSPS) is 12.2. The first-order chi connectivity index (χ1) is 12.1. The molecule has 0 fully saturated rings. The fraction of sp³-hybridized carbons (Fsp3) is 0.222. The van der Waals surface area contributed by atoms with Crippen LogP contribution in [-0.2, 0) is 4.79 Å². The van der Waals surface area contributed by atoms with E-state index in [0.29, 0.717) is 16.5 Å². The molecule has 0 aliphatic carbocycles. The second kappa shape index (κ2) is 7.44. The van der Waals surface area contributed by atoms with Gasteiger partial charge in [-0.2, -0.15) is 4.80 Å². The molecule has 1 aromatic heterocycles. The summed E-state index contributed by atoms with van der Waals surface area (Å²) in [6, 6.07) is 16.0. The number of nitrogens with one attached hydrogen (secondary N) is 1. The van der Waals surface area contributed by atoms with Gasteiger partial charge in [0.15, 0.2) is 6.04 Å². The minimum Gasteiger partial charge on any atom is -0.323 e. The highest BCUT2D eigenvalue weighted by Crippen LogP contribution is 2.24. The smallest absolute Gasteiger partial charge is 0.251 e. The molecule has 1 N–H and O–H groups in total. The number of anilines is 1. The maximum Gasteiger partial charge on any atom is 0.251 e. The van der Waals surface area contributed by atoms with Gasteiger partial charge in [-0.3, -0.25) is 4.79 Å². The van der Waals surface area contributed by atoms with Crippen molar-refractivity contribution < 1.29 is 4.79 Å². The number of hydrogen-bond donors (Lipinski definition) is 1. The standard InChI is InChI=1S/C18H18ClN5O/c1-12(2)16(18(25)20-15-11-7-6-10-14(15)19)24-22-17(21-23-24)13-8-4-3-5-9-13/h3-12,16H,1-2H3,(H,20,25). The van der Waals surface area contributed by atoms with Gasteiger partial charge in [-0.25, -0.2) is 0 Å². The summed E-state index contributed by atoms with van der Waals surface area (Å²) in [4.78, 5) is 14.1. The molecule has 128 valence electrons. The van der Waals surface area contributed by atoms with Crippen molar-refractivity contribution in [1.29, 1.82) is 0 Å². The van der Waals surface area contributed by atoms with Gasteiger partial charge in [-0.15, -0.1) is 10.2 Å². The molecule has 0 spiro atoms. The number of carbonyl (C=O) groups excluding carboxylic acids is 1. The van der Waals surface area contributed by atoms with Crippen LogP contribution in [0.1, 0.15) is 19.9 Å². The SMILES string of the molecule is CC(C)C(C(=O)Nc1ccccc1Cl)n1nnc(-c2ccccc2)n1. The molecular formula is C18H18ClN5O. The molecule has 0 aliphatic rings. The number of amides is 1. The average Bonchev–Trinajstić information content (AvgIpc) is 3.07. The molecule has 25 heavy (non-hydrogen) atoms. The third-order valence-corrected chi connectivity index (χ3v) is 4.07. The average molecular weight is 356 g/mol. The second-order valence-corrected chi connectivity index (χ2v) is 6.36. The first kappa shape index (κ1) is 17.1. The second-order valence-electron chi connectivity index (χ2n) is 5.96. The van der Waals surface area contributed by atoms with E-state index >= 15 is 0 Å². The van der Waals surface area contributed by atoms with Gasteiger partial charge in [-0.1, -0.05) is 67.9 Å². The molecule has 0 radical (unpaired) electrons. The van der Waals surface area contributed by atoms with Crippen LogP contribution in [0, 0.1) is 5.92 Å². The van der Waals surface area contributed by atoms with Gasteiger partial charge in [0.1, 0.15) is 0 Å². The number of halogens is 1. The lowest BCUT2D eigenvalue weighted by molar-refractivity contribution is -0.121. The Morgan fingerprint density at radius 1 is 1.08 bits per heavy atom. The molecule has 2 aromatic carbocycles. The summed E-state index contributed by atoms with van der Waals surface area (Å²) in [5.74, 6) is 0.220. The van der Waals surface area contributed by atoms with E-state index in [-0.39, 0.29) is 11.8 Å². The molecule has 0 saturated carbocycles. The van der Waals surface area contributed by atoms with Gasteiger partial charge < -0.3 is 5.32 Å². The number of carbonyl (C=O) groups is 1. The Bertz CT molecular complexity index is 863. The zero-order chi connectivity index (χ0) is 17.8. The third-order valence-electron chi connectivity index (χ3n) is 3.74. The van der Waals surface area contributed by atoms with Crippen LogP contribution in [-0.4, -0.2) is 26.1 Å². The van der Waals surface area contributed by atoms with Gasteiger partial charge in [-0.05, 0) is 23.3 Å². The highest BCUT2D eigenvalue weighted by Gasteiger charge is 2.27. The number of hydrogen-bond acceptors (Lipinski definition) is 4. The Morgan fingerprint density at radius 2 is 1.76 bits per heavy atom. The van der Waals surface area contributed by atoms with E-state index in [1.54, 1.807) is 12.1 Å². The predicted molar refractivity (Wildman–Crippen MR) is 97.2 cm³/mol. The minimum atomic E-state index is -0.596. The van der Waals surface area contributed by atoms with Crippen LogP contribution >= 0.6 is 11.6 Å². The molecule has 1 heterocycles. The molecular weight excluding hydrogens is 338 g/mol. The summed E-state index contributed by atoms with van der Waals surface area (Å²) >= 11 is 6.12. The lowest BCUT2D eigenvalue weighted by atomic mass is 10.0. The van der Waals surface area contributed by atoms with E-state index < -0.39 is 6.04 Å². The first-order valence-electron chi connectivity index (χ1n) is 7.96. The molecule has 0 aliphatic heterocycles. The lowest BCUT2D eigenvalue weighted by Crippen LogP contribution is -2.31. The Labute approximate surface area is 150 Å². The fourth-order valence-electron chi connectivity index (χ4n) is 2.49. The van der Waals surface area contributed by atoms with Crippen molar-refractivity contribution in [2.45, 2.75) is 19.9 Å². The summed E-state index contributed by atoms with van der Waals surface area (Å²) in [7, 11) is 0. The maximum absolute atomic E-state index is 12.8. The summed E-state index contributed by atoms with van der Waals surface area (Å²) in [5.41, 5.74) is 1.41. The Hall–Kier alpha value is -2.73. The summed E-state index contributed by atoms with van der Waals surface area (Å²) < 4.78 is 0. The van der Waals surface area contributed by atoms with Crippen LogP contribution in [0.25, 0.3) is 11.4 Å². The number of aromatic nitrogens is 4. The zero-order valence-corrected chi connectivity index (χ0v) is 14.7. The first-order valence-corrected chi connectivity index (χ1v) is 8.34. The summed E-state index contributed by atoms with van der Waals surface area (Å²) in [5, 5.41) is 15.9. The number of benzene rings is 2. The van der Waals surface area contributed by atoms with E-state index in [2.05, 4.69) is 20.7 Å².